The molecule has 1 aromatic carbocycles. The quantitative estimate of drug-likeness (QED) is 0.801. The Morgan fingerprint density at radius 3 is 2.31 bits per heavy atom. The summed E-state index contributed by atoms with van der Waals surface area (Å²) < 4.78 is 14.8. The molecule has 0 aliphatic rings. The second kappa shape index (κ2) is 5.41. The molecular formula is C13H19NOS. The lowest BCUT2D eigenvalue weighted by atomic mass is 10.1. The smallest absolute Gasteiger partial charge is 0.0978 e. The van der Waals surface area contributed by atoms with Crippen LogP contribution in [0.25, 0.3) is 0 Å². The largest absolute Gasteiger partial charge is 0.242 e. The van der Waals surface area contributed by atoms with Gasteiger partial charge in [0.25, 0.3) is 0 Å². The van der Waals surface area contributed by atoms with Crippen LogP contribution in [0.15, 0.2) is 43.0 Å². The van der Waals surface area contributed by atoms with E-state index in [9.17, 15) is 4.21 Å². The molecule has 0 aliphatic carbocycles. The van der Waals surface area contributed by atoms with E-state index in [1.807, 2.05) is 51.1 Å². The van der Waals surface area contributed by atoms with Crippen LogP contribution in [-0.4, -0.2) is 8.96 Å². The van der Waals surface area contributed by atoms with Gasteiger partial charge in [0.05, 0.1) is 21.8 Å². The first-order valence-corrected chi connectivity index (χ1v) is 6.45. The van der Waals surface area contributed by atoms with E-state index in [2.05, 4.69) is 11.3 Å². The second-order valence-electron chi connectivity index (χ2n) is 4.62. The van der Waals surface area contributed by atoms with Gasteiger partial charge < -0.3 is 0 Å². The van der Waals surface area contributed by atoms with Gasteiger partial charge in [-0.3, -0.25) is 0 Å². The Bertz CT molecular complexity index is 367. The topological polar surface area (TPSA) is 29.1 Å². The molecule has 0 radical (unpaired) electrons. The van der Waals surface area contributed by atoms with Crippen molar-refractivity contribution in [2.45, 2.75) is 31.6 Å². The van der Waals surface area contributed by atoms with Crippen molar-refractivity contribution in [3.05, 3.63) is 48.6 Å². The second-order valence-corrected chi connectivity index (χ2v) is 6.62. The van der Waals surface area contributed by atoms with E-state index < -0.39 is 11.0 Å². The van der Waals surface area contributed by atoms with Gasteiger partial charge in [0, 0.05) is 0 Å². The van der Waals surface area contributed by atoms with Crippen molar-refractivity contribution >= 4 is 11.0 Å². The van der Waals surface area contributed by atoms with E-state index in [0.29, 0.717) is 0 Å². The van der Waals surface area contributed by atoms with Gasteiger partial charge in [-0.2, -0.15) is 0 Å². The normalized spacial score (nSPS) is 15.4. The average Bonchev–Trinajstić information content (AvgIpc) is 2.25. The molecule has 1 rings (SSSR count). The van der Waals surface area contributed by atoms with Crippen LogP contribution < -0.4 is 4.72 Å². The highest BCUT2D eigenvalue weighted by atomic mass is 32.2. The monoisotopic (exact) mass is 237 g/mol. The molecule has 16 heavy (non-hydrogen) atoms. The summed E-state index contributed by atoms with van der Waals surface area (Å²) in [6.45, 7) is 9.61. The van der Waals surface area contributed by atoms with Crippen molar-refractivity contribution in [3.63, 3.8) is 0 Å². The van der Waals surface area contributed by atoms with Gasteiger partial charge in [-0.25, -0.2) is 8.93 Å². The Morgan fingerprint density at radius 2 is 1.88 bits per heavy atom. The zero-order valence-corrected chi connectivity index (χ0v) is 10.9. The summed E-state index contributed by atoms with van der Waals surface area (Å²) in [6.07, 6.45) is 1.78. The Balaban J connectivity index is 2.79. The predicted molar refractivity (Wildman–Crippen MR) is 70.4 cm³/mol. The molecule has 1 aromatic rings. The maximum Gasteiger partial charge on any atom is 0.0978 e. The van der Waals surface area contributed by atoms with Crippen LogP contribution in [0.5, 0.6) is 0 Å². The molecule has 0 saturated heterocycles. The number of hydrogen-bond donors (Lipinski definition) is 1. The molecule has 1 unspecified atom stereocenters. The molecule has 2 atom stereocenters. The van der Waals surface area contributed by atoms with Gasteiger partial charge in [-0.1, -0.05) is 36.4 Å². The molecule has 2 nitrogen and oxygen atoms in total. The first-order valence-electron chi connectivity index (χ1n) is 5.30. The summed E-state index contributed by atoms with van der Waals surface area (Å²) >= 11 is 0. The summed E-state index contributed by atoms with van der Waals surface area (Å²) in [5.41, 5.74) is 1.08. The van der Waals surface area contributed by atoms with Crippen molar-refractivity contribution in [2.75, 3.05) is 0 Å². The summed E-state index contributed by atoms with van der Waals surface area (Å²) in [6, 6.07) is 9.82. The Morgan fingerprint density at radius 1 is 1.31 bits per heavy atom. The van der Waals surface area contributed by atoms with Crippen molar-refractivity contribution in [1.29, 1.82) is 0 Å². The van der Waals surface area contributed by atoms with Crippen LogP contribution in [0.3, 0.4) is 0 Å². The van der Waals surface area contributed by atoms with Crippen molar-refractivity contribution in [1.82, 2.24) is 4.72 Å². The molecule has 88 valence electrons. The molecular weight excluding hydrogens is 218 g/mol. The lowest BCUT2D eigenvalue weighted by Gasteiger charge is -2.22. The maximum atomic E-state index is 12.0. The minimum absolute atomic E-state index is 0.0683. The van der Waals surface area contributed by atoms with Gasteiger partial charge in [0.15, 0.2) is 0 Å². The van der Waals surface area contributed by atoms with Crippen LogP contribution in [0.4, 0.5) is 0 Å². The summed E-state index contributed by atoms with van der Waals surface area (Å²) in [7, 11) is -1.09. The molecule has 0 amide bonds. The Kier molecular flexibility index (Phi) is 4.44. The van der Waals surface area contributed by atoms with E-state index >= 15 is 0 Å². The highest BCUT2D eigenvalue weighted by Crippen LogP contribution is 2.17. The third-order valence-electron chi connectivity index (χ3n) is 2.18. The van der Waals surface area contributed by atoms with Crippen molar-refractivity contribution in [3.8, 4) is 0 Å². The third-order valence-corrected chi connectivity index (χ3v) is 3.76. The third kappa shape index (κ3) is 3.58. The van der Waals surface area contributed by atoms with Crippen molar-refractivity contribution < 1.29 is 4.21 Å². The van der Waals surface area contributed by atoms with E-state index in [0.717, 1.165) is 5.56 Å². The Labute approximate surface area is 100 Å². The first kappa shape index (κ1) is 13.1. The fourth-order valence-corrected chi connectivity index (χ4v) is 2.02. The first-order chi connectivity index (χ1) is 7.45. The van der Waals surface area contributed by atoms with E-state index in [-0.39, 0.29) is 10.8 Å². The molecule has 0 saturated carbocycles. The molecule has 1 N–H and O–H groups in total. The summed E-state index contributed by atoms with van der Waals surface area (Å²) in [5, 5.41) is 0. The lowest BCUT2D eigenvalue weighted by molar-refractivity contribution is 0.626. The number of benzene rings is 1. The van der Waals surface area contributed by atoms with E-state index in [4.69, 9.17) is 0 Å². The number of rotatable bonds is 4. The van der Waals surface area contributed by atoms with Crippen LogP contribution in [0.1, 0.15) is 32.4 Å². The highest BCUT2D eigenvalue weighted by Gasteiger charge is 2.22. The van der Waals surface area contributed by atoms with Gasteiger partial charge >= 0.3 is 0 Å². The highest BCUT2D eigenvalue weighted by molar-refractivity contribution is 7.84. The van der Waals surface area contributed by atoms with Gasteiger partial charge in [0.1, 0.15) is 0 Å². The zero-order valence-electron chi connectivity index (χ0n) is 10.1. The molecule has 0 heterocycles. The van der Waals surface area contributed by atoms with Crippen LogP contribution >= 0.6 is 0 Å². The SMILES string of the molecule is C=C[C@@H](NS(=O)C(C)(C)C)c1ccccc1. The summed E-state index contributed by atoms with van der Waals surface area (Å²) in [5.74, 6) is 0. The molecule has 0 bridgehead atoms. The predicted octanol–water partition coefficient (Wildman–Crippen LogP) is 2.97. The van der Waals surface area contributed by atoms with Gasteiger partial charge in [-0.15, -0.1) is 6.58 Å². The minimum atomic E-state index is -1.09. The summed E-state index contributed by atoms with van der Waals surface area (Å²) in [4.78, 5) is 0. The molecule has 0 aromatic heterocycles. The average molecular weight is 237 g/mol. The van der Waals surface area contributed by atoms with Crippen LogP contribution in [0.2, 0.25) is 0 Å². The molecule has 0 spiro atoms. The van der Waals surface area contributed by atoms with E-state index in [1.54, 1.807) is 6.08 Å². The fraction of sp³-hybridized carbons (Fsp3) is 0.385. The van der Waals surface area contributed by atoms with E-state index in [1.165, 1.54) is 0 Å². The lowest BCUT2D eigenvalue weighted by Crippen LogP contribution is -2.35. The van der Waals surface area contributed by atoms with Gasteiger partial charge in [0.2, 0.25) is 0 Å². The zero-order chi connectivity index (χ0) is 12.2. The standard InChI is InChI=1S/C13H19NOS/c1-5-12(11-9-7-6-8-10-11)14-16(15)13(2,3)4/h5-10,12,14H,1H2,2-4H3/t12-,16?/m1/s1. The fourth-order valence-electron chi connectivity index (χ4n) is 1.20. The van der Waals surface area contributed by atoms with Crippen molar-refractivity contribution in [2.24, 2.45) is 0 Å². The van der Waals surface area contributed by atoms with Gasteiger partial charge in [-0.05, 0) is 26.3 Å². The van der Waals surface area contributed by atoms with Crippen LogP contribution in [0, 0.1) is 0 Å². The Hall–Kier alpha value is -0.930. The molecule has 3 heteroatoms. The van der Waals surface area contributed by atoms with Crippen LogP contribution in [-0.2, 0) is 11.0 Å². The molecule has 0 fully saturated rings. The number of nitrogens with one attached hydrogen (secondary N) is 1. The maximum absolute atomic E-state index is 12.0. The number of hydrogen-bond acceptors (Lipinski definition) is 1. The molecule has 0 aliphatic heterocycles. The minimum Gasteiger partial charge on any atom is -0.242 e.